The molecule has 2 atom stereocenters. The fourth-order valence-corrected chi connectivity index (χ4v) is 3.60. The lowest BCUT2D eigenvalue weighted by Gasteiger charge is -2.13. The van der Waals surface area contributed by atoms with Gasteiger partial charge in [0, 0.05) is 18.3 Å². The summed E-state index contributed by atoms with van der Waals surface area (Å²) in [5, 5.41) is 0. The lowest BCUT2D eigenvalue weighted by atomic mass is 10.1. The van der Waals surface area contributed by atoms with E-state index in [0.29, 0.717) is 0 Å². The number of aromatic nitrogens is 1. The number of nitrogens with one attached hydrogen (secondary N) is 1. The summed E-state index contributed by atoms with van der Waals surface area (Å²) in [5.41, 5.74) is 0.212. The van der Waals surface area contributed by atoms with Gasteiger partial charge >= 0.3 is 6.36 Å². The molecule has 1 fully saturated rings. The maximum Gasteiger partial charge on any atom is 0.573 e. The molecule has 1 N–H and O–H groups in total. The number of hydrogen-bond donors (Lipinski definition) is 1. The van der Waals surface area contributed by atoms with Crippen molar-refractivity contribution in [3.63, 3.8) is 0 Å². The van der Waals surface area contributed by atoms with Gasteiger partial charge in [0.15, 0.2) is 0 Å². The minimum atomic E-state index is -4.85. The van der Waals surface area contributed by atoms with E-state index in [9.17, 15) is 26.4 Å². The number of amides is 1. The summed E-state index contributed by atoms with van der Waals surface area (Å²) >= 11 is 0. The van der Waals surface area contributed by atoms with E-state index in [1.165, 1.54) is 36.5 Å². The normalized spacial score (nSPS) is 19.7. The highest BCUT2D eigenvalue weighted by Gasteiger charge is 2.47. The Morgan fingerprint density at radius 1 is 1.19 bits per heavy atom. The van der Waals surface area contributed by atoms with Crippen LogP contribution in [0.4, 0.5) is 13.2 Å². The van der Waals surface area contributed by atoms with Crippen molar-refractivity contribution in [2.75, 3.05) is 0 Å². The molecule has 0 unspecified atom stereocenters. The topological polar surface area (TPSA) is 85.4 Å². The smallest absolute Gasteiger partial charge is 0.405 e. The van der Waals surface area contributed by atoms with Crippen molar-refractivity contribution in [3.8, 4) is 5.75 Å². The molecule has 10 heteroatoms. The van der Waals surface area contributed by atoms with E-state index in [-0.39, 0.29) is 16.9 Å². The van der Waals surface area contributed by atoms with Gasteiger partial charge in [-0.1, -0.05) is 18.2 Å². The van der Waals surface area contributed by atoms with Crippen molar-refractivity contribution in [2.45, 2.75) is 23.6 Å². The summed E-state index contributed by atoms with van der Waals surface area (Å²) in [5.74, 6) is -2.46. The van der Waals surface area contributed by atoms with Crippen LogP contribution < -0.4 is 9.46 Å². The summed E-state index contributed by atoms with van der Waals surface area (Å²) in [4.78, 5) is 15.7. The van der Waals surface area contributed by atoms with Crippen molar-refractivity contribution in [1.29, 1.82) is 0 Å². The van der Waals surface area contributed by atoms with Crippen LogP contribution in [0.25, 0.3) is 0 Å². The molecule has 1 aromatic carbocycles. The molecule has 0 bridgehead atoms. The van der Waals surface area contributed by atoms with Gasteiger partial charge in [0.2, 0.25) is 5.91 Å². The van der Waals surface area contributed by atoms with E-state index in [4.69, 9.17) is 0 Å². The Morgan fingerprint density at radius 3 is 2.58 bits per heavy atom. The monoisotopic (exact) mass is 386 g/mol. The Kier molecular flexibility index (Phi) is 4.61. The number of rotatable bonds is 5. The van der Waals surface area contributed by atoms with Crippen molar-refractivity contribution < 1.29 is 31.1 Å². The molecular formula is C16H13F3N2O4S. The van der Waals surface area contributed by atoms with Gasteiger partial charge in [0.05, 0.1) is 0 Å². The predicted molar refractivity (Wildman–Crippen MR) is 83.5 cm³/mol. The van der Waals surface area contributed by atoms with Crippen LogP contribution in [0.15, 0.2) is 53.7 Å². The van der Waals surface area contributed by atoms with Gasteiger partial charge in [-0.25, -0.2) is 13.1 Å². The summed E-state index contributed by atoms with van der Waals surface area (Å²) in [6, 6.07) is 8.17. The number of benzene rings is 1. The van der Waals surface area contributed by atoms with Crippen LogP contribution in [-0.4, -0.2) is 25.7 Å². The van der Waals surface area contributed by atoms with Gasteiger partial charge in [-0.05, 0) is 36.1 Å². The highest BCUT2D eigenvalue weighted by molar-refractivity contribution is 7.90. The Hall–Kier alpha value is -2.62. The van der Waals surface area contributed by atoms with Crippen LogP contribution in [-0.2, 0) is 14.8 Å². The van der Waals surface area contributed by atoms with Crippen LogP contribution in [0.2, 0.25) is 0 Å². The first-order valence-electron chi connectivity index (χ1n) is 7.49. The van der Waals surface area contributed by atoms with Crippen molar-refractivity contribution in [1.82, 2.24) is 9.71 Å². The zero-order chi connectivity index (χ0) is 18.9. The van der Waals surface area contributed by atoms with Gasteiger partial charge in [-0.2, -0.15) is 0 Å². The quantitative estimate of drug-likeness (QED) is 0.854. The lowest BCUT2D eigenvalue weighted by molar-refractivity contribution is -0.274. The number of halogens is 3. The highest BCUT2D eigenvalue weighted by atomic mass is 32.2. The second kappa shape index (κ2) is 6.60. The van der Waals surface area contributed by atoms with Crippen LogP contribution >= 0.6 is 0 Å². The first-order chi connectivity index (χ1) is 12.2. The van der Waals surface area contributed by atoms with Gasteiger partial charge < -0.3 is 4.74 Å². The summed E-state index contributed by atoms with van der Waals surface area (Å²) in [6.45, 7) is 0. The SMILES string of the molecule is O=C(NS(=O)(=O)c1cccnc1)[C@H]1C[C@@H]1c1ccccc1OC(F)(F)F. The van der Waals surface area contributed by atoms with Crippen molar-refractivity contribution >= 4 is 15.9 Å². The Balaban J connectivity index is 1.72. The van der Waals surface area contributed by atoms with Gasteiger partial charge in [-0.15, -0.1) is 13.2 Å². The fourth-order valence-electron chi connectivity index (χ4n) is 2.61. The Labute approximate surface area is 147 Å². The third-order valence-electron chi connectivity index (χ3n) is 3.85. The third-order valence-corrected chi connectivity index (χ3v) is 5.18. The number of nitrogens with zero attached hydrogens (tertiary/aromatic N) is 1. The molecule has 2 aromatic rings. The highest BCUT2D eigenvalue weighted by Crippen LogP contribution is 2.51. The average Bonchev–Trinajstić information content (AvgIpc) is 3.35. The summed E-state index contributed by atoms with van der Waals surface area (Å²) in [6.07, 6.45) is -2.15. The first kappa shape index (κ1) is 18.2. The van der Waals surface area contributed by atoms with Crippen LogP contribution in [0, 0.1) is 5.92 Å². The second-order valence-electron chi connectivity index (χ2n) is 5.69. The van der Waals surface area contributed by atoms with E-state index in [0.717, 1.165) is 12.3 Å². The molecular weight excluding hydrogens is 373 g/mol. The van der Waals surface area contributed by atoms with Crippen LogP contribution in [0.5, 0.6) is 5.75 Å². The fraction of sp³-hybridized carbons (Fsp3) is 0.250. The van der Waals surface area contributed by atoms with Crippen molar-refractivity contribution in [3.05, 3.63) is 54.4 Å². The van der Waals surface area contributed by atoms with E-state index < -0.39 is 39.9 Å². The van der Waals surface area contributed by atoms with Gasteiger partial charge in [0.25, 0.3) is 10.0 Å². The summed E-state index contributed by atoms with van der Waals surface area (Å²) < 4.78 is 67.6. The Bertz CT molecular complexity index is 917. The molecule has 3 rings (SSSR count). The Morgan fingerprint density at radius 2 is 1.92 bits per heavy atom. The van der Waals surface area contributed by atoms with Crippen LogP contribution in [0.3, 0.4) is 0 Å². The number of para-hydroxylation sites is 1. The zero-order valence-electron chi connectivity index (χ0n) is 13.1. The molecule has 1 aliphatic carbocycles. The maximum atomic E-state index is 12.5. The number of hydrogen-bond acceptors (Lipinski definition) is 5. The molecule has 1 heterocycles. The molecule has 1 amide bonds. The standard InChI is InChI=1S/C16H13F3N2O4S/c17-16(18,19)25-14-6-2-1-5-11(14)12-8-13(12)15(22)21-26(23,24)10-4-3-7-20-9-10/h1-7,9,12-13H,8H2,(H,21,22)/t12-,13+/m1/s1. The largest absolute Gasteiger partial charge is 0.573 e. The molecule has 0 saturated heterocycles. The molecule has 0 aliphatic heterocycles. The number of sulfonamides is 1. The molecule has 0 spiro atoms. The number of pyridine rings is 1. The zero-order valence-corrected chi connectivity index (χ0v) is 13.9. The first-order valence-corrected chi connectivity index (χ1v) is 8.97. The molecule has 26 heavy (non-hydrogen) atoms. The molecule has 1 aliphatic rings. The second-order valence-corrected chi connectivity index (χ2v) is 7.38. The predicted octanol–water partition coefficient (Wildman–Crippen LogP) is 2.59. The minimum Gasteiger partial charge on any atom is -0.405 e. The minimum absolute atomic E-state index is 0.175. The van der Waals surface area contributed by atoms with E-state index in [1.54, 1.807) is 0 Å². The van der Waals surface area contributed by atoms with E-state index in [1.807, 2.05) is 4.72 Å². The van der Waals surface area contributed by atoms with Gasteiger partial charge in [0.1, 0.15) is 10.6 Å². The maximum absolute atomic E-state index is 12.5. The van der Waals surface area contributed by atoms with Crippen LogP contribution in [0.1, 0.15) is 17.9 Å². The number of alkyl halides is 3. The molecule has 0 radical (unpaired) electrons. The third kappa shape index (κ3) is 4.13. The molecule has 6 nitrogen and oxygen atoms in total. The molecule has 1 saturated carbocycles. The van der Waals surface area contributed by atoms with Gasteiger partial charge in [-0.3, -0.25) is 9.78 Å². The van der Waals surface area contributed by atoms with E-state index >= 15 is 0 Å². The average molecular weight is 386 g/mol. The number of ether oxygens (including phenoxy) is 1. The van der Waals surface area contributed by atoms with Crippen molar-refractivity contribution in [2.24, 2.45) is 5.92 Å². The van der Waals surface area contributed by atoms with E-state index in [2.05, 4.69) is 9.72 Å². The number of carbonyl (C=O) groups is 1. The lowest BCUT2D eigenvalue weighted by Crippen LogP contribution is -2.32. The summed E-state index contributed by atoms with van der Waals surface area (Å²) in [7, 11) is -4.08. The molecule has 138 valence electrons. The number of carbonyl (C=O) groups excluding carboxylic acids is 1. The molecule has 1 aromatic heterocycles.